The maximum Gasteiger partial charge on any atom is 0.255 e. The van der Waals surface area contributed by atoms with Gasteiger partial charge in [-0.15, -0.1) is 0 Å². The van der Waals surface area contributed by atoms with Crippen LogP contribution < -0.4 is 10.1 Å². The summed E-state index contributed by atoms with van der Waals surface area (Å²) in [5.74, 6) is -0.241. The SMILES string of the molecule is COc1cccc(C(=O)NC(C)CCCO)c1O. The summed E-state index contributed by atoms with van der Waals surface area (Å²) in [5.41, 5.74) is 0.185. The largest absolute Gasteiger partial charge is 0.504 e. The van der Waals surface area contributed by atoms with Gasteiger partial charge in [-0.1, -0.05) is 6.07 Å². The van der Waals surface area contributed by atoms with Crippen molar-refractivity contribution in [3.63, 3.8) is 0 Å². The van der Waals surface area contributed by atoms with Gasteiger partial charge in [-0.3, -0.25) is 4.79 Å². The molecule has 0 aliphatic rings. The zero-order valence-electron chi connectivity index (χ0n) is 10.6. The molecule has 1 rings (SSSR count). The van der Waals surface area contributed by atoms with Gasteiger partial charge in [0.1, 0.15) is 0 Å². The number of ether oxygens (including phenoxy) is 1. The predicted octanol–water partition coefficient (Wildman–Crippen LogP) is 1.29. The summed E-state index contributed by atoms with van der Waals surface area (Å²) in [5, 5.41) is 21.3. The first-order valence-corrected chi connectivity index (χ1v) is 5.87. The third-order valence-electron chi connectivity index (χ3n) is 2.64. The first-order chi connectivity index (χ1) is 8.60. The van der Waals surface area contributed by atoms with Gasteiger partial charge >= 0.3 is 0 Å². The first-order valence-electron chi connectivity index (χ1n) is 5.87. The minimum atomic E-state index is -0.350. The Kier molecular flexibility index (Phi) is 5.45. The summed E-state index contributed by atoms with van der Waals surface area (Å²) in [6, 6.07) is 4.70. The highest BCUT2D eigenvalue weighted by atomic mass is 16.5. The number of aliphatic hydroxyl groups excluding tert-OH is 1. The van der Waals surface area contributed by atoms with Crippen molar-refractivity contribution in [3.8, 4) is 11.5 Å². The van der Waals surface area contributed by atoms with E-state index in [-0.39, 0.29) is 35.6 Å². The lowest BCUT2D eigenvalue weighted by atomic mass is 10.1. The lowest BCUT2D eigenvalue weighted by molar-refractivity contribution is 0.0933. The summed E-state index contributed by atoms with van der Waals surface area (Å²) < 4.78 is 4.94. The molecule has 0 fully saturated rings. The molecule has 1 amide bonds. The molecule has 0 aliphatic heterocycles. The van der Waals surface area contributed by atoms with Gasteiger partial charge in [0.2, 0.25) is 0 Å². The number of phenolic OH excluding ortho intramolecular Hbond substituents is 1. The van der Waals surface area contributed by atoms with Crippen LogP contribution in [0.25, 0.3) is 0 Å². The minimum absolute atomic E-state index is 0.0600. The molecule has 0 heterocycles. The van der Waals surface area contributed by atoms with Gasteiger partial charge in [0.05, 0.1) is 12.7 Å². The monoisotopic (exact) mass is 253 g/mol. The molecule has 0 aliphatic carbocycles. The molecule has 1 aromatic carbocycles. The molecule has 0 saturated heterocycles. The summed E-state index contributed by atoms with van der Waals surface area (Å²) in [6.45, 7) is 1.95. The van der Waals surface area contributed by atoms with Crippen LogP contribution >= 0.6 is 0 Å². The summed E-state index contributed by atoms with van der Waals surface area (Å²) >= 11 is 0. The van der Waals surface area contributed by atoms with E-state index in [9.17, 15) is 9.90 Å². The van der Waals surface area contributed by atoms with Crippen molar-refractivity contribution in [2.24, 2.45) is 0 Å². The van der Waals surface area contributed by atoms with E-state index in [4.69, 9.17) is 9.84 Å². The number of hydrogen-bond donors (Lipinski definition) is 3. The number of para-hydroxylation sites is 1. The van der Waals surface area contributed by atoms with E-state index < -0.39 is 0 Å². The van der Waals surface area contributed by atoms with Crippen LogP contribution in [0.3, 0.4) is 0 Å². The molecule has 18 heavy (non-hydrogen) atoms. The van der Waals surface area contributed by atoms with Gasteiger partial charge in [-0.05, 0) is 31.9 Å². The second kappa shape index (κ2) is 6.86. The highest BCUT2D eigenvalue weighted by Crippen LogP contribution is 2.29. The molecule has 0 aromatic heterocycles. The van der Waals surface area contributed by atoms with Crippen LogP contribution in [0.15, 0.2) is 18.2 Å². The molecule has 1 atom stereocenters. The Morgan fingerprint density at radius 2 is 2.22 bits per heavy atom. The van der Waals surface area contributed by atoms with Gasteiger partial charge in [0.25, 0.3) is 5.91 Å². The number of hydrogen-bond acceptors (Lipinski definition) is 4. The second-order valence-electron chi connectivity index (χ2n) is 4.10. The van der Waals surface area contributed by atoms with Gasteiger partial charge in [0.15, 0.2) is 11.5 Å². The third kappa shape index (κ3) is 3.63. The molecule has 100 valence electrons. The zero-order chi connectivity index (χ0) is 13.5. The zero-order valence-corrected chi connectivity index (χ0v) is 10.6. The quantitative estimate of drug-likeness (QED) is 0.714. The van der Waals surface area contributed by atoms with Crippen molar-refractivity contribution < 1.29 is 19.7 Å². The molecule has 5 heteroatoms. The molecule has 3 N–H and O–H groups in total. The molecular weight excluding hydrogens is 234 g/mol. The van der Waals surface area contributed by atoms with Crippen LogP contribution in [-0.2, 0) is 0 Å². The third-order valence-corrected chi connectivity index (χ3v) is 2.64. The van der Waals surface area contributed by atoms with E-state index in [2.05, 4.69) is 5.32 Å². The van der Waals surface area contributed by atoms with Crippen LogP contribution in [0.2, 0.25) is 0 Å². The van der Waals surface area contributed by atoms with E-state index in [1.54, 1.807) is 12.1 Å². The molecule has 1 unspecified atom stereocenters. The van der Waals surface area contributed by atoms with Gasteiger partial charge in [0, 0.05) is 12.6 Å². The molecular formula is C13H19NO4. The number of aliphatic hydroxyl groups is 1. The number of nitrogens with one attached hydrogen (secondary N) is 1. The Balaban J connectivity index is 2.72. The standard InChI is InChI=1S/C13H19NO4/c1-9(5-4-8-15)14-13(17)10-6-3-7-11(18-2)12(10)16/h3,6-7,9,15-16H,4-5,8H2,1-2H3,(H,14,17). The van der Waals surface area contributed by atoms with E-state index in [0.717, 1.165) is 0 Å². The minimum Gasteiger partial charge on any atom is -0.504 e. The first kappa shape index (κ1) is 14.3. The fourth-order valence-corrected chi connectivity index (χ4v) is 1.64. The number of benzene rings is 1. The molecule has 0 bridgehead atoms. The number of phenols is 1. The van der Waals surface area contributed by atoms with Crippen LogP contribution in [0.5, 0.6) is 11.5 Å². The number of aromatic hydroxyl groups is 1. The summed E-state index contributed by atoms with van der Waals surface area (Å²) in [4.78, 5) is 11.9. The maximum atomic E-state index is 11.9. The Labute approximate surface area is 106 Å². The van der Waals surface area contributed by atoms with E-state index in [0.29, 0.717) is 12.8 Å². The van der Waals surface area contributed by atoms with Gasteiger partial charge in [-0.25, -0.2) is 0 Å². The highest BCUT2D eigenvalue weighted by molar-refractivity contribution is 5.97. The number of methoxy groups -OCH3 is 1. The van der Waals surface area contributed by atoms with Crippen molar-refractivity contribution >= 4 is 5.91 Å². The molecule has 1 aromatic rings. The number of carbonyl (C=O) groups is 1. The molecule has 5 nitrogen and oxygen atoms in total. The topological polar surface area (TPSA) is 78.8 Å². The van der Waals surface area contributed by atoms with Gasteiger partial charge in [-0.2, -0.15) is 0 Å². The van der Waals surface area contributed by atoms with Crippen LogP contribution in [0, 0.1) is 0 Å². The average molecular weight is 253 g/mol. The Hall–Kier alpha value is -1.75. The predicted molar refractivity (Wildman–Crippen MR) is 67.9 cm³/mol. The van der Waals surface area contributed by atoms with Gasteiger partial charge < -0.3 is 20.3 Å². The fourth-order valence-electron chi connectivity index (χ4n) is 1.64. The van der Waals surface area contributed by atoms with E-state index >= 15 is 0 Å². The van der Waals surface area contributed by atoms with Crippen LogP contribution in [0.4, 0.5) is 0 Å². The smallest absolute Gasteiger partial charge is 0.255 e. The van der Waals surface area contributed by atoms with Crippen molar-refractivity contribution in [2.75, 3.05) is 13.7 Å². The van der Waals surface area contributed by atoms with E-state index in [1.807, 2.05) is 6.92 Å². The van der Waals surface area contributed by atoms with Crippen molar-refractivity contribution in [3.05, 3.63) is 23.8 Å². The Bertz CT molecular complexity index is 406. The highest BCUT2D eigenvalue weighted by Gasteiger charge is 2.16. The van der Waals surface area contributed by atoms with Crippen LogP contribution in [-0.4, -0.2) is 35.9 Å². The van der Waals surface area contributed by atoms with Crippen molar-refractivity contribution in [1.29, 1.82) is 0 Å². The lowest BCUT2D eigenvalue weighted by Gasteiger charge is -2.14. The summed E-state index contributed by atoms with van der Waals surface area (Å²) in [6.07, 6.45) is 1.32. The molecule has 0 spiro atoms. The number of rotatable bonds is 6. The van der Waals surface area contributed by atoms with Crippen molar-refractivity contribution in [1.82, 2.24) is 5.32 Å². The number of carbonyl (C=O) groups excluding carboxylic acids is 1. The van der Waals surface area contributed by atoms with E-state index in [1.165, 1.54) is 13.2 Å². The fraction of sp³-hybridized carbons (Fsp3) is 0.462. The Morgan fingerprint density at radius 1 is 1.50 bits per heavy atom. The van der Waals surface area contributed by atoms with Crippen LogP contribution in [0.1, 0.15) is 30.1 Å². The normalized spacial score (nSPS) is 11.9. The number of amides is 1. The maximum absolute atomic E-state index is 11.9. The Morgan fingerprint density at radius 3 is 2.83 bits per heavy atom. The molecule has 0 saturated carbocycles. The second-order valence-corrected chi connectivity index (χ2v) is 4.10. The lowest BCUT2D eigenvalue weighted by Crippen LogP contribution is -2.32. The van der Waals surface area contributed by atoms with Crippen molar-refractivity contribution in [2.45, 2.75) is 25.8 Å². The summed E-state index contributed by atoms with van der Waals surface area (Å²) in [7, 11) is 1.43. The average Bonchev–Trinajstić information content (AvgIpc) is 2.36. The molecule has 0 radical (unpaired) electrons.